The van der Waals surface area contributed by atoms with E-state index in [1.54, 1.807) is 0 Å². The molecule has 0 aromatic carbocycles. The number of halogens is 2. The van der Waals surface area contributed by atoms with Gasteiger partial charge < -0.3 is 0 Å². The zero-order valence-electron chi connectivity index (χ0n) is 14.7. The van der Waals surface area contributed by atoms with Crippen LogP contribution in [0.15, 0.2) is 0 Å². The molecule has 0 aromatic heterocycles. The van der Waals surface area contributed by atoms with E-state index in [0.717, 1.165) is 0 Å². The number of alkyl halides is 2. The highest BCUT2D eigenvalue weighted by atomic mass is 35.5. The van der Waals surface area contributed by atoms with Gasteiger partial charge in [-0.2, -0.15) is 0 Å². The summed E-state index contributed by atoms with van der Waals surface area (Å²) in [6.07, 6.45) is 18.6. The van der Waals surface area contributed by atoms with Crippen LogP contribution in [0.4, 0.5) is 0 Å². The monoisotopic (exact) mass is 336 g/mol. The lowest BCUT2D eigenvalue weighted by molar-refractivity contribution is 0.377. The molecule has 0 radical (unpaired) electrons. The van der Waals surface area contributed by atoms with E-state index in [-0.39, 0.29) is 0 Å². The third kappa shape index (κ3) is 13.9. The van der Waals surface area contributed by atoms with Gasteiger partial charge in [-0.1, -0.05) is 90.9 Å². The SMILES string of the molecule is CCCCCCCCC(CCCCCCCC)C(C)(Cl)Cl. The largest absolute Gasteiger partial charge is 0.118 e. The molecule has 0 saturated carbocycles. The molecule has 0 aliphatic carbocycles. The predicted molar refractivity (Wildman–Crippen MR) is 99.6 cm³/mol. The fraction of sp³-hybridized carbons (Fsp3) is 1.00. The van der Waals surface area contributed by atoms with Gasteiger partial charge in [0.1, 0.15) is 4.33 Å². The fourth-order valence-corrected chi connectivity index (χ4v) is 3.43. The van der Waals surface area contributed by atoms with Crippen LogP contribution in [-0.2, 0) is 0 Å². The van der Waals surface area contributed by atoms with E-state index in [2.05, 4.69) is 13.8 Å². The van der Waals surface area contributed by atoms with Crippen LogP contribution < -0.4 is 0 Å². The van der Waals surface area contributed by atoms with Crippen molar-refractivity contribution in [2.24, 2.45) is 5.92 Å². The Labute approximate surface area is 144 Å². The molecule has 0 saturated heterocycles. The Hall–Kier alpha value is 0.580. The Morgan fingerprint density at radius 2 is 0.952 bits per heavy atom. The van der Waals surface area contributed by atoms with Gasteiger partial charge in [0.15, 0.2) is 0 Å². The summed E-state index contributed by atoms with van der Waals surface area (Å²) in [4.78, 5) is 0. The minimum Gasteiger partial charge on any atom is -0.102 e. The quantitative estimate of drug-likeness (QED) is 0.208. The Morgan fingerprint density at radius 3 is 1.29 bits per heavy atom. The number of hydrogen-bond donors (Lipinski definition) is 0. The van der Waals surface area contributed by atoms with Crippen molar-refractivity contribution in [2.45, 2.75) is 115 Å². The molecule has 0 spiro atoms. The summed E-state index contributed by atoms with van der Waals surface area (Å²) in [6, 6.07) is 0. The van der Waals surface area contributed by atoms with Gasteiger partial charge in [0, 0.05) is 0 Å². The molecule has 0 N–H and O–H groups in total. The number of rotatable bonds is 15. The predicted octanol–water partition coefficient (Wildman–Crippen LogP) is 8.30. The fourth-order valence-electron chi connectivity index (χ4n) is 2.99. The van der Waals surface area contributed by atoms with Crippen molar-refractivity contribution in [1.82, 2.24) is 0 Å². The minimum atomic E-state index is -0.549. The van der Waals surface area contributed by atoms with Gasteiger partial charge >= 0.3 is 0 Å². The van der Waals surface area contributed by atoms with Crippen LogP contribution in [0.1, 0.15) is 111 Å². The van der Waals surface area contributed by atoms with E-state index in [1.807, 2.05) is 6.92 Å². The molecular formula is C19H38Cl2. The number of unbranched alkanes of at least 4 members (excludes halogenated alkanes) is 10. The Kier molecular flexibility index (Phi) is 14.6. The lowest BCUT2D eigenvalue weighted by Gasteiger charge is -2.26. The molecule has 0 unspecified atom stereocenters. The number of hydrogen-bond acceptors (Lipinski definition) is 0. The Balaban J connectivity index is 3.74. The van der Waals surface area contributed by atoms with E-state index >= 15 is 0 Å². The molecule has 0 rings (SSSR count). The third-order valence-corrected chi connectivity index (χ3v) is 5.15. The summed E-state index contributed by atoms with van der Waals surface area (Å²) >= 11 is 12.8. The second kappa shape index (κ2) is 14.2. The van der Waals surface area contributed by atoms with Crippen LogP contribution in [0.25, 0.3) is 0 Å². The zero-order valence-corrected chi connectivity index (χ0v) is 16.2. The first-order valence-corrected chi connectivity index (χ1v) is 10.2. The van der Waals surface area contributed by atoms with Gasteiger partial charge in [0.2, 0.25) is 0 Å². The highest BCUT2D eigenvalue weighted by molar-refractivity contribution is 6.48. The Bertz CT molecular complexity index is 192. The van der Waals surface area contributed by atoms with Gasteiger partial charge in [-0.15, -0.1) is 23.2 Å². The summed E-state index contributed by atoms with van der Waals surface area (Å²) in [6.45, 7) is 6.51. The van der Waals surface area contributed by atoms with Crippen LogP contribution in [0.5, 0.6) is 0 Å². The van der Waals surface area contributed by atoms with Gasteiger partial charge in [-0.25, -0.2) is 0 Å². The van der Waals surface area contributed by atoms with E-state index in [1.165, 1.54) is 89.9 Å². The molecule has 2 heteroatoms. The van der Waals surface area contributed by atoms with Crippen molar-refractivity contribution in [3.63, 3.8) is 0 Å². The van der Waals surface area contributed by atoms with Crippen molar-refractivity contribution < 1.29 is 0 Å². The van der Waals surface area contributed by atoms with E-state index in [4.69, 9.17) is 23.2 Å². The molecule has 128 valence electrons. The molecule has 0 aliphatic heterocycles. The molecule has 0 amide bonds. The van der Waals surface area contributed by atoms with Gasteiger partial charge in [0.05, 0.1) is 0 Å². The highest BCUT2D eigenvalue weighted by Crippen LogP contribution is 2.37. The van der Waals surface area contributed by atoms with E-state index in [0.29, 0.717) is 5.92 Å². The molecule has 0 aromatic rings. The van der Waals surface area contributed by atoms with Crippen LogP contribution in [0, 0.1) is 5.92 Å². The van der Waals surface area contributed by atoms with Crippen molar-refractivity contribution in [3.05, 3.63) is 0 Å². The minimum absolute atomic E-state index is 0.471. The topological polar surface area (TPSA) is 0 Å². The van der Waals surface area contributed by atoms with Crippen molar-refractivity contribution in [3.8, 4) is 0 Å². The maximum absolute atomic E-state index is 6.39. The first-order chi connectivity index (χ1) is 10.0. The lowest BCUT2D eigenvalue weighted by atomic mass is 9.91. The van der Waals surface area contributed by atoms with Crippen LogP contribution in [-0.4, -0.2) is 4.33 Å². The Morgan fingerprint density at radius 1 is 0.619 bits per heavy atom. The van der Waals surface area contributed by atoms with Crippen molar-refractivity contribution in [1.29, 1.82) is 0 Å². The summed E-state index contributed by atoms with van der Waals surface area (Å²) in [7, 11) is 0. The molecule has 0 nitrogen and oxygen atoms in total. The van der Waals surface area contributed by atoms with Crippen LogP contribution in [0.2, 0.25) is 0 Å². The van der Waals surface area contributed by atoms with Gasteiger partial charge in [-0.05, 0) is 25.7 Å². The smallest absolute Gasteiger partial charge is 0.102 e. The molecule has 0 aliphatic rings. The lowest BCUT2D eigenvalue weighted by Crippen LogP contribution is -2.22. The van der Waals surface area contributed by atoms with Crippen molar-refractivity contribution >= 4 is 23.2 Å². The second-order valence-electron chi connectivity index (χ2n) is 6.77. The van der Waals surface area contributed by atoms with Gasteiger partial charge in [-0.3, -0.25) is 0 Å². The zero-order chi connectivity index (χ0) is 16.0. The molecule has 0 atom stereocenters. The second-order valence-corrected chi connectivity index (χ2v) is 8.53. The molecule has 0 heterocycles. The van der Waals surface area contributed by atoms with Gasteiger partial charge in [0.25, 0.3) is 0 Å². The summed E-state index contributed by atoms with van der Waals surface area (Å²) in [5, 5.41) is 0. The summed E-state index contributed by atoms with van der Waals surface area (Å²) < 4.78 is -0.549. The normalized spacial score (nSPS) is 12.3. The summed E-state index contributed by atoms with van der Waals surface area (Å²) in [5.74, 6) is 0.471. The molecule has 0 fully saturated rings. The van der Waals surface area contributed by atoms with Crippen LogP contribution in [0.3, 0.4) is 0 Å². The van der Waals surface area contributed by atoms with Crippen LogP contribution >= 0.6 is 23.2 Å². The molecule has 21 heavy (non-hydrogen) atoms. The third-order valence-electron chi connectivity index (χ3n) is 4.53. The molecular weight excluding hydrogens is 299 g/mol. The first kappa shape index (κ1) is 21.6. The highest BCUT2D eigenvalue weighted by Gasteiger charge is 2.28. The van der Waals surface area contributed by atoms with E-state index < -0.39 is 4.33 Å². The standard InChI is InChI=1S/C19H38Cl2/c1-4-6-8-10-12-14-16-18(19(3,20)21)17-15-13-11-9-7-5-2/h18H,4-17H2,1-3H3. The maximum Gasteiger partial charge on any atom is 0.118 e. The molecule has 0 bridgehead atoms. The van der Waals surface area contributed by atoms with E-state index in [9.17, 15) is 0 Å². The van der Waals surface area contributed by atoms with Crippen molar-refractivity contribution in [2.75, 3.05) is 0 Å². The average Bonchev–Trinajstić information content (AvgIpc) is 2.42. The maximum atomic E-state index is 6.39. The first-order valence-electron chi connectivity index (χ1n) is 9.40. The average molecular weight is 337 g/mol. The summed E-state index contributed by atoms with van der Waals surface area (Å²) in [5.41, 5.74) is 0.